The molecule has 4 heterocycles. The normalized spacial score (nSPS) is 16.5. The Morgan fingerprint density at radius 1 is 1.02 bits per heavy atom. The number of amides is 1. The van der Waals surface area contributed by atoms with Crippen molar-refractivity contribution >= 4 is 28.3 Å². The highest BCUT2D eigenvalue weighted by Gasteiger charge is 2.38. The third kappa shape index (κ3) is 5.10. The summed E-state index contributed by atoms with van der Waals surface area (Å²) < 4.78 is 36.0. The van der Waals surface area contributed by atoms with Crippen molar-refractivity contribution in [1.82, 2.24) is 24.4 Å². The average Bonchev–Trinajstić information content (AvgIpc) is 3.03. The van der Waals surface area contributed by atoms with Gasteiger partial charge < -0.3 is 19.8 Å². The van der Waals surface area contributed by atoms with Crippen molar-refractivity contribution in [3.63, 3.8) is 0 Å². The first-order valence-corrected chi connectivity index (χ1v) is 15.9. The molecule has 0 saturated carbocycles. The van der Waals surface area contributed by atoms with Crippen molar-refractivity contribution in [1.29, 1.82) is 0 Å². The van der Waals surface area contributed by atoms with Gasteiger partial charge in [0.1, 0.15) is 23.4 Å². The molecule has 2 aliphatic heterocycles. The first-order chi connectivity index (χ1) is 22.4. The fourth-order valence-electron chi connectivity index (χ4n) is 7.00. The molecule has 1 fully saturated rings. The Morgan fingerprint density at radius 3 is 2.32 bits per heavy atom. The van der Waals surface area contributed by atoms with E-state index in [0.717, 1.165) is 0 Å². The van der Waals surface area contributed by atoms with E-state index in [-0.39, 0.29) is 57.5 Å². The SMILES string of the molecule is C=CC(=O)N1CCN2c3nc(=O)n(-c4c(C(C)C)ncnc4C(C)C)c4c(F)c(-c5c(C)cccc5O)c(F)c(c34)N(C)CCC2C1. The maximum absolute atomic E-state index is 17.6. The molecule has 6 rings (SSSR count). The number of fused-ring (bicyclic) bond motifs is 2. The number of phenols is 1. The molecule has 246 valence electrons. The molecule has 1 amide bonds. The van der Waals surface area contributed by atoms with Crippen LogP contribution in [0, 0.1) is 18.6 Å². The largest absolute Gasteiger partial charge is 0.507 e. The summed E-state index contributed by atoms with van der Waals surface area (Å²) in [4.78, 5) is 46.0. The molecule has 1 saturated heterocycles. The number of halogens is 2. The number of anilines is 2. The Balaban J connectivity index is 1.82. The Kier molecular flexibility index (Phi) is 8.23. The zero-order chi connectivity index (χ0) is 33.9. The number of nitrogens with zero attached hydrogens (tertiary/aromatic N) is 7. The molecule has 0 aliphatic carbocycles. The Bertz CT molecular complexity index is 1940. The van der Waals surface area contributed by atoms with Crippen LogP contribution in [0.2, 0.25) is 0 Å². The van der Waals surface area contributed by atoms with Crippen LogP contribution in [0.25, 0.3) is 27.7 Å². The smallest absolute Gasteiger partial charge is 0.354 e. The number of hydrogen-bond donors (Lipinski definition) is 1. The van der Waals surface area contributed by atoms with Gasteiger partial charge in [-0.25, -0.2) is 23.5 Å². The van der Waals surface area contributed by atoms with Crippen LogP contribution in [0.5, 0.6) is 5.75 Å². The van der Waals surface area contributed by atoms with Gasteiger partial charge in [-0.2, -0.15) is 4.98 Å². The Morgan fingerprint density at radius 2 is 1.70 bits per heavy atom. The van der Waals surface area contributed by atoms with E-state index in [9.17, 15) is 14.7 Å². The lowest BCUT2D eigenvalue weighted by Gasteiger charge is -2.44. The maximum atomic E-state index is 17.6. The van der Waals surface area contributed by atoms with Crippen molar-refractivity contribution in [3.8, 4) is 22.6 Å². The van der Waals surface area contributed by atoms with E-state index >= 15 is 8.78 Å². The number of carbonyl (C=O) groups excluding carboxylic acids is 1. The van der Waals surface area contributed by atoms with E-state index in [1.54, 1.807) is 35.9 Å². The van der Waals surface area contributed by atoms with E-state index < -0.39 is 22.9 Å². The number of phenolic OH excluding ortho intramolecular Hbond substituents is 1. The van der Waals surface area contributed by atoms with E-state index in [4.69, 9.17) is 0 Å². The van der Waals surface area contributed by atoms with Crippen LogP contribution in [0.1, 0.15) is 62.9 Å². The van der Waals surface area contributed by atoms with Crippen LogP contribution in [0.15, 0.2) is 42.0 Å². The van der Waals surface area contributed by atoms with Crippen molar-refractivity contribution in [2.75, 3.05) is 43.0 Å². The molecule has 1 atom stereocenters. The van der Waals surface area contributed by atoms with Gasteiger partial charge >= 0.3 is 5.69 Å². The summed E-state index contributed by atoms with van der Waals surface area (Å²) in [6.07, 6.45) is 3.21. The van der Waals surface area contributed by atoms with Crippen LogP contribution < -0.4 is 15.5 Å². The van der Waals surface area contributed by atoms with Gasteiger partial charge in [0.15, 0.2) is 11.6 Å². The second-order valence-corrected chi connectivity index (χ2v) is 12.9. The molecule has 0 bridgehead atoms. The van der Waals surface area contributed by atoms with Crippen LogP contribution in [0.3, 0.4) is 0 Å². The van der Waals surface area contributed by atoms with Gasteiger partial charge in [-0.05, 0) is 42.9 Å². The Hall–Kier alpha value is -4.87. The third-order valence-electron chi connectivity index (χ3n) is 9.29. The minimum Gasteiger partial charge on any atom is -0.507 e. The molecule has 10 nitrogen and oxygen atoms in total. The lowest BCUT2D eigenvalue weighted by Crippen LogP contribution is -2.56. The van der Waals surface area contributed by atoms with Crippen LogP contribution in [0.4, 0.5) is 20.3 Å². The van der Waals surface area contributed by atoms with Crippen molar-refractivity contribution in [2.24, 2.45) is 0 Å². The van der Waals surface area contributed by atoms with E-state index in [1.165, 1.54) is 23.0 Å². The monoisotopic (exact) mass is 643 g/mol. The van der Waals surface area contributed by atoms with Gasteiger partial charge in [0.05, 0.1) is 33.7 Å². The maximum Gasteiger partial charge on any atom is 0.354 e. The fourth-order valence-corrected chi connectivity index (χ4v) is 7.00. The summed E-state index contributed by atoms with van der Waals surface area (Å²) >= 11 is 0. The summed E-state index contributed by atoms with van der Waals surface area (Å²) in [6, 6.07) is 4.38. The predicted octanol–water partition coefficient (Wildman–Crippen LogP) is 5.42. The number of aromatic nitrogens is 4. The molecule has 2 aromatic carbocycles. The molecule has 2 aliphatic rings. The van der Waals surface area contributed by atoms with Crippen molar-refractivity contribution in [3.05, 3.63) is 76.3 Å². The van der Waals surface area contributed by atoms with Gasteiger partial charge in [0.25, 0.3) is 0 Å². The van der Waals surface area contributed by atoms with Gasteiger partial charge in [-0.15, -0.1) is 0 Å². The molecule has 0 radical (unpaired) electrons. The van der Waals surface area contributed by atoms with Gasteiger partial charge in [0.2, 0.25) is 5.91 Å². The molecular formula is C35H39F2N7O3. The van der Waals surface area contributed by atoms with E-state index in [1.807, 2.05) is 32.6 Å². The molecular weight excluding hydrogens is 604 g/mol. The lowest BCUT2D eigenvalue weighted by atomic mass is 9.93. The second kappa shape index (κ2) is 12.1. The van der Waals surface area contributed by atoms with Crippen LogP contribution in [-0.4, -0.2) is 74.7 Å². The zero-order valence-corrected chi connectivity index (χ0v) is 27.5. The number of rotatable bonds is 5. The van der Waals surface area contributed by atoms with Crippen molar-refractivity contribution < 1.29 is 18.7 Å². The van der Waals surface area contributed by atoms with Gasteiger partial charge in [0, 0.05) is 44.8 Å². The number of benzene rings is 2. The summed E-state index contributed by atoms with van der Waals surface area (Å²) in [6.45, 7) is 14.3. The number of aryl methyl sites for hydroxylation is 1. The average molecular weight is 644 g/mol. The molecule has 2 aromatic heterocycles. The first kappa shape index (κ1) is 32.1. The van der Waals surface area contributed by atoms with E-state index in [0.29, 0.717) is 55.2 Å². The first-order valence-electron chi connectivity index (χ1n) is 15.9. The van der Waals surface area contributed by atoms with Crippen LogP contribution >= 0.6 is 0 Å². The number of hydrogen-bond acceptors (Lipinski definition) is 8. The third-order valence-corrected chi connectivity index (χ3v) is 9.29. The highest BCUT2D eigenvalue weighted by atomic mass is 19.1. The van der Waals surface area contributed by atoms with Gasteiger partial charge in [-0.1, -0.05) is 46.4 Å². The number of carbonyl (C=O) groups is 1. The summed E-state index contributed by atoms with van der Waals surface area (Å²) in [7, 11) is 1.71. The van der Waals surface area contributed by atoms with Gasteiger partial charge in [-0.3, -0.25) is 9.36 Å². The van der Waals surface area contributed by atoms with Crippen LogP contribution in [-0.2, 0) is 4.79 Å². The summed E-state index contributed by atoms with van der Waals surface area (Å²) in [5.41, 5.74) is 0.479. The standard InChI is InChI=1S/C35H39F2N7O3/c1-8-23(46)42-14-15-43-21(16-42)12-13-41(7)31-26-32(28(37)25(27(31)36)24-20(6)10-9-11-22(24)45)44(35(47)40-34(26)43)33-29(18(2)3)38-17-39-30(33)19(4)5/h8-11,17-19,21,45H,1,12-16H2,2-7H3. The lowest BCUT2D eigenvalue weighted by molar-refractivity contribution is -0.126. The highest BCUT2D eigenvalue weighted by Crippen LogP contribution is 2.47. The molecule has 0 spiro atoms. The topological polar surface area (TPSA) is 108 Å². The highest BCUT2D eigenvalue weighted by molar-refractivity contribution is 6.05. The number of piperazine rings is 1. The minimum absolute atomic E-state index is 0.000349. The molecule has 1 unspecified atom stereocenters. The molecule has 12 heteroatoms. The minimum atomic E-state index is -1.01. The Labute approximate surface area is 272 Å². The molecule has 4 aromatic rings. The molecule has 1 N–H and O–H groups in total. The van der Waals surface area contributed by atoms with Crippen molar-refractivity contribution in [2.45, 2.75) is 58.9 Å². The summed E-state index contributed by atoms with van der Waals surface area (Å²) in [5.74, 6) is -2.60. The predicted molar refractivity (Wildman–Crippen MR) is 179 cm³/mol. The molecule has 47 heavy (non-hydrogen) atoms. The zero-order valence-electron chi connectivity index (χ0n) is 27.5. The summed E-state index contributed by atoms with van der Waals surface area (Å²) in [5, 5.41) is 11.1. The van der Waals surface area contributed by atoms with E-state index in [2.05, 4.69) is 21.5 Å². The number of aromatic hydroxyl groups is 1. The quantitative estimate of drug-likeness (QED) is 0.287. The second-order valence-electron chi connectivity index (χ2n) is 12.9. The fraction of sp³-hybridized carbons (Fsp3) is 0.400.